The Morgan fingerprint density at radius 2 is 2.00 bits per heavy atom. The first kappa shape index (κ1) is 12.3. The van der Waals surface area contributed by atoms with Crippen molar-refractivity contribution in [3.63, 3.8) is 0 Å². The smallest absolute Gasteiger partial charge is 0.147 e. The van der Waals surface area contributed by atoms with Crippen LogP contribution in [0, 0.1) is 0 Å². The average Bonchev–Trinajstić information content (AvgIpc) is 2.40. The second kappa shape index (κ2) is 8.49. The third-order valence-electron chi connectivity index (χ3n) is 1.83. The van der Waals surface area contributed by atoms with E-state index in [1.54, 1.807) is 6.08 Å². The van der Waals surface area contributed by atoms with Gasteiger partial charge in [-0.15, -0.1) is 0 Å². The Hall–Kier alpha value is -1.81. The van der Waals surface area contributed by atoms with Crippen molar-refractivity contribution < 1.29 is 15.0 Å². The normalized spacial score (nSPS) is 12.1. The average molecular weight is 221 g/mol. The van der Waals surface area contributed by atoms with E-state index >= 15 is 0 Å². The lowest BCUT2D eigenvalue weighted by Gasteiger charge is -1.96. The Morgan fingerprint density at radius 1 is 1.19 bits per heavy atom. The van der Waals surface area contributed by atoms with Gasteiger partial charge in [-0.25, -0.2) is 0 Å². The lowest BCUT2D eigenvalue weighted by molar-refractivity contribution is -0.251. The number of aryl methyl sites for hydroxylation is 1. The summed E-state index contributed by atoms with van der Waals surface area (Å²) < 4.78 is 0. The molecule has 2 rings (SSSR count). The van der Waals surface area contributed by atoms with Crippen molar-refractivity contribution in [1.29, 1.82) is 0 Å². The van der Waals surface area contributed by atoms with Crippen LogP contribution in [-0.4, -0.2) is 17.9 Å². The molecule has 0 radical (unpaired) electrons. The van der Waals surface area contributed by atoms with E-state index in [1.165, 1.54) is 18.0 Å². The van der Waals surface area contributed by atoms with E-state index in [1.807, 2.05) is 18.2 Å². The van der Waals surface area contributed by atoms with E-state index < -0.39 is 0 Å². The largest absolute Gasteiger partial charge is 0.396 e. The molecule has 0 amide bonds. The highest BCUT2D eigenvalue weighted by atomic mass is 17.3. The molecule has 16 heavy (non-hydrogen) atoms. The maximum Gasteiger partial charge on any atom is 0.147 e. The van der Waals surface area contributed by atoms with Crippen LogP contribution < -0.4 is 0 Å². The SMILES string of the molecule is C1=COON=C1.OCCCc1ccccc1. The van der Waals surface area contributed by atoms with Gasteiger partial charge in [0.1, 0.15) is 6.26 Å². The summed E-state index contributed by atoms with van der Waals surface area (Å²) in [4.78, 5) is 8.24. The standard InChI is InChI=1S/C9H12O.C3H3NO2/c10-8-4-7-9-5-2-1-3-6-9;1-2-4-6-5-3-1/h1-3,5-6,10H,4,7-8H2;1-3H. The van der Waals surface area contributed by atoms with E-state index in [0.29, 0.717) is 0 Å². The van der Waals surface area contributed by atoms with Crippen molar-refractivity contribution in [2.75, 3.05) is 6.61 Å². The maximum absolute atomic E-state index is 8.53. The molecule has 1 heterocycles. The Bertz CT molecular complexity index is 310. The van der Waals surface area contributed by atoms with E-state index in [9.17, 15) is 0 Å². The Balaban J connectivity index is 0.000000181. The zero-order valence-electron chi connectivity index (χ0n) is 8.95. The van der Waals surface area contributed by atoms with Crippen molar-refractivity contribution in [2.24, 2.45) is 5.16 Å². The van der Waals surface area contributed by atoms with Crippen LogP contribution in [0.4, 0.5) is 0 Å². The van der Waals surface area contributed by atoms with Gasteiger partial charge < -0.3 is 5.11 Å². The summed E-state index contributed by atoms with van der Waals surface area (Å²) in [5.41, 5.74) is 1.30. The monoisotopic (exact) mass is 221 g/mol. The van der Waals surface area contributed by atoms with Gasteiger partial charge in [0.15, 0.2) is 0 Å². The minimum atomic E-state index is 0.287. The number of benzene rings is 1. The molecule has 0 aromatic heterocycles. The molecule has 0 saturated carbocycles. The molecule has 0 bridgehead atoms. The highest BCUT2D eigenvalue weighted by Gasteiger charge is 1.88. The van der Waals surface area contributed by atoms with Crippen LogP contribution in [0.25, 0.3) is 0 Å². The molecule has 4 nitrogen and oxygen atoms in total. The second-order valence-corrected chi connectivity index (χ2v) is 3.07. The molecule has 0 atom stereocenters. The van der Waals surface area contributed by atoms with Crippen molar-refractivity contribution in [1.82, 2.24) is 0 Å². The number of aliphatic hydroxyl groups is 1. The Morgan fingerprint density at radius 3 is 2.44 bits per heavy atom. The van der Waals surface area contributed by atoms with Gasteiger partial charge in [0.05, 0.1) is 6.21 Å². The highest BCUT2D eigenvalue weighted by Crippen LogP contribution is 2.00. The fourth-order valence-corrected chi connectivity index (χ4v) is 1.10. The number of aliphatic hydroxyl groups excluding tert-OH is 1. The number of rotatable bonds is 3. The van der Waals surface area contributed by atoms with Gasteiger partial charge in [0.25, 0.3) is 0 Å². The fourth-order valence-electron chi connectivity index (χ4n) is 1.10. The molecule has 86 valence electrons. The van der Waals surface area contributed by atoms with Crippen LogP contribution in [0.1, 0.15) is 12.0 Å². The van der Waals surface area contributed by atoms with Crippen LogP contribution in [0.3, 0.4) is 0 Å². The minimum absolute atomic E-state index is 0.287. The van der Waals surface area contributed by atoms with Crippen LogP contribution in [0.15, 0.2) is 47.8 Å². The third kappa shape index (κ3) is 5.82. The van der Waals surface area contributed by atoms with Crippen LogP contribution in [0.5, 0.6) is 0 Å². The summed E-state index contributed by atoms with van der Waals surface area (Å²) in [6.07, 6.45) is 6.36. The molecule has 1 aromatic rings. The predicted molar refractivity (Wildman–Crippen MR) is 61.7 cm³/mol. The molecular weight excluding hydrogens is 206 g/mol. The number of allylic oxidation sites excluding steroid dienone is 1. The van der Waals surface area contributed by atoms with Gasteiger partial charge in [-0.2, -0.15) is 4.99 Å². The molecule has 0 saturated heterocycles. The van der Waals surface area contributed by atoms with E-state index in [4.69, 9.17) is 5.11 Å². The predicted octanol–water partition coefficient (Wildman–Crippen LogP) is 2.06. The molecule has 0 aliphatic carbocycles. The quantitative estimate of drug-likeness (QED) is 0.795. The lowest BCUT2D eigenvalue weighted by Crippen LogP contribution is -1.87. The molecule has 0 fully saturated rings. The topological polar surface area (TPSA) is 51.0 Å². The highest BCUT2D eigenvalue weighted by molar-refractivity contribution is 5.70. The first-order valence-electron chi connectivity index (χ1n) is 5.09. The number of hydrogen-bond donors (Lipinski definition) is 1. The Kier molecular flexibility index (Phi) is 6.51. The zero-order chi connectivity index (χ0) is 11.5. The summed E-state index contributed by atoms with van der Waals surface area (Å²) in [5, 5.41) is 11.8. The van der Waals surface area contributed by atoms with Crippen molar-refractivity contribution in [2.45, 2.75) is 12.8 Å². The summed E-state index contributed by atoms with van der Waals surface area (Å²) >= 11 is 0. The molecule has 1 N–H and O–H groups in total. The summed E-state index contributed by atoms with van der Waals surface area (Å²) in [7, 11) is 0. The number of oxime groups is 1. The summed E-state index contributed by atoms with van der Waals surface area (Å²) in [5.74, 6) is 0. The van der Waals surface area contributed by atoms with E-state index in [0.717, 1.165) is 12.8 Å². The van der Waals surface area contributed by atoms with Gasteiger partial charge in [-0.3, -0.25) is 4.89 Å². The second-order valence-electron chi connectivity index (χ2n) is 3.07. The van der Waals surface area contributed by atoms with E-state index in [-0.39, 0.29) is 6.61 Å². The van der Waals surface area contributed by atoms with Crippen molar-refractivity contribution in [3.05, 3.63) is 48.2 Å². The van der Waals surface area contributed by atoms with Crippen LogP contribution in [0.2, 0.25) is 0 Å². The van der Waals surface area contributed by atoms with E-state index in [2.05, 4.69) is 27.2 Å². The minimum Gasteiger partial charge on any atom is -0.396 e. The number of nitrogens with zero attached hydrogens (tertiary/aromatic N) is 1. The molecule has 1 aliphatic rings. The molecule has 4 heteroatoms. The van der Waals surface area contributed by atoms with Crippen molar-refractivity contribution >= 4 is 6.21 Å². The van der Waals surface area contributed by atoms with Gasteiger partial charge in [-0.1, -0.05) is 30.3 Å². The van der Waals surface area contributed by atoms with Crippen LogP contribution >= 0.6 is 0 Å². The fraction of sp³-hybridized carbons (Fsp3) is 0.250. The van der Waals surface area contributed by atoms with Crippen LogP contribution in [-0.2, 0) is 16.3 Å². The lowest BCUT2D eigenvalue weighted by atomic mass is 10.1. The first-order valence-corrected chi connectivity index (χ1v) is 5.09. The molecule has 1 aliphatic heterocycles. The first-order chi connectivity index (χ1) is 7.93. The molecule has 0 spiro atoms. The zero-order valence-corrected chi connectivity index (χ0v) is 8.95. The van der Waals surface area contributed by atoms with Crippen molar-refractivity contribution in [3.8, 4) is 0 Å². The number of hydrogen-bond acceptors (Lipinski definition) is 4. The maximum atomic E-state index is 8.53. The molecule has 1 aromatic carbocycles. The molecular formula is C12H15NO3. The summed E-state index contributed by atoms with van der Waals surface area (Å²) in [6, 6.07) is 10.2. The Labute approximate surface area is 94.7 Å². The molecule has 0 unspecified atom stereocenters. The summed E-state index contributed by atoms with van der Waals surface area (Å²) in [6.45, 7) is 0.287. The van der Waals surface area contributed by atoms with Gasteiger partial charge in [0.2, 0.25) is 0 Å². The van der Waals surface area contributed by atoms with Gasteiger partial charge >= 0.3 is 0 Å². The van der Waals surface area contributed by atoms with Gasteiger partial charge in [-0.05, 0) is 29.6 Å². The third-order valence-corrected chi connectivity index (χ3v) is 1.83. The van der Waals surface area contributed by atoms with Gasteiger partial charge in [0, 0.05) is 6.61 Å².